The number of amides is 1. The molecule has 2 aromatic carbocycles. The SMILES string of the molecule is Cc1cccc(-n2ncc3c(=O)[nH]c(SCC(=O)Nc4nc5ccc(C)cc5s4)nc32)c1. The van der Waals surface area contributed by atoms with Gasteiger partial charge in [-0.3, -0.25) is 9.59 Å². The highest BCUT2D eigenvalue weighted by Crippen LogP contribution is 2.27. The summed E-state index contributed by atoms with van der Waals surface area (Å²) in [5, 5.41) is 8.44. The lowest BCUT2D eigenvalue weighted by Crippen LogP contribution is -2.15. The maximum absolute atomic E-state index is 12.5. The van der Waals surface area contributed by atoms with Gasteiger partial charge in [0.25, 0.3) is 5.56 Å². The average molecular weight is 463 g/mol. The number of aryl methyl sites for hydroxylation is 2. The van der Waals surface area contributed by atoms with Gasteiger partial charge in [-0.15, -0.1) is 0 Å². The minimum absolute atomic E-state index is 0.0853. The van der Waals surface area contributed by atoms with Gasteiger partial charge in [0.15, 0.2) is 15.9 Å². The molecule has 32 heavy (non-hydrogen) atoms. The third-order valence-electron chi connectivity index (χ3n) is 4.79. The van der Waals surface area contributed by atoms with E-state index in [9.17, 15) is 9.59 Å². The Morgan fingerprint density at radius 1 is 1.16 bits per heavy atom. The van der Waals surface area contributed by atoms with Crippen LogP contribution in [0.1, 0.15) is 11.1 Å². The van der Waals surface area contributed by atoms with E-state index in [4.69, 9.17) is 0 Å². The second kappa shape index (κ2) is 8.21. The lowest BCUT2D eigenvalue weighted by atomic mass is 10.2. The Labute approximate surface area is 190 Å². The van der Waals surface area contributed by atoms with Crippen LogP contribution in [0.25, 0.3) is 26.9 Å². The molecule has 0 radical (unpaired) electrons. The van der Waals surface area contributed by atoms with Gasteiger partial charge in [0.2, 0.25) is 5.91 Å². The van der Waals surface area contributed by atoms with Crippen molar-refractivity contribution in [3.05, 3.63) is 70.1 Å². The molecule has 3 aromatic heterocycles. The maximum atomic E-state index is 12.5. The third-order valence-corrected chi connectivity index (χ3v) is 6.60. The van der Waals surface area contributed by atoms with Crippen LogP contribution in [0.2, 0.25) is 0 Å². The first-order valence-corrected chi connectivity index (χ1v) is 11.6. The zero-order chi connectivity index (χ0) is 22.2. The van der Waals surface area contributed by atoms with Crippen LogP contribution < -0.4 is 10.9 Å². The van der Waals surface area contributed by atoms with E-state index in [1.54, 1.807) is 4.68 Å². The maximum Gasteiger partial charge on any atom is 0.262 e. The lowest BCUT2D eigenvalue weighted by molar-refractivity contribution is -0.113. The molecule has 0 bridgehead atoms. The Hall–Kier alpha value is -3.50. The number of carbonyl (C=O) groups excluding carboxylic acids is 1. The number of benzene rings is 2. The highest BCUT2D eigenvalue weighted by Gasteiger charge is 2.14. The van der Waals surface area contributed by atoms with Crippen LogP contribution in [0, 0.1) is 13.8 Å². The van der Waals surface area contributed by atoms with Crippen molar-refractivity contribution in [2.75, 3.05) is 11.1 Å². The fourth-order valence-corrected chi connectivity index (χ4v) is 4.93. The van der Waals surface area contributed by atoms with Crippen molar-refractivity contribution in [2.24, 2.45) is 0 Å². The molecule has 0 aliphatic rings. The van der Waals surface area contributed by atoms with Gasteiger partial charge in [-0.1, -0.05) is 41.3 Å². The quantitative estimate of drug-likeness (QED) is 0.301. The van der Waals surface area contributed by atoms with Crippen LogP contribution in [0.15, 0.2) is 58.6 Å². The molecule has 0 saturated carbocycles. The van der Waals surface area contributed by atoms with E-state index in [1.807, 2.05) is 56.3 Å². The first kappa shape index (κ1) is 20.4. The normalized spacial score (nSPS) is 11.3. The van der Waals surface area contributed by atoms with Crippen LogP contribution in [-0.4, -0.2) is 36.4 Å². The Bertz CT molecular complexity index is 1530. The molecule has 0 atom stereocenters. The molecule has 1 amide bonds. The van der Waals surface area contributed by atoms with Crippen molar-refractivity contribution in [1.29, 1.82) is 0 Å². The molecule has 0 spiro atoms. The number of H-pyrrole nitrogens is 1. The number of hydrogen-bond acceptors (Lipinski definition) is 7. The Kier molecular flexibility index (Phi) is 5.24. The van der Waals surface area contributed by atoms with Crippen molar-refractivity contribution in [2.45, 2.75) is 19.0 Å². The van der Waals surface area contributed by atoms with E-state index < -0.39 is 0 Å². The Balaban J connectivity index is 1.35. The number of thioether (sulfide) groups is 1. The van der Waals surface area contributed by atoms with Gasteiger partial charge in [0, 0.05) is 0 Å². The summed E-state index contributed by atoms with van der Waals surface area (Å²) in [4.78, 5) is 36.7. The molecule has 0 saturated heterocycles. The minimum Gasteiger partial charge on any atom is -0.301 e. The van der Waals surface area contributed by atoms with Crippen molar-refractivity contribution >= 4 is 55.4 Å². The summed E-state index contributed by atoms with van der Waals surface area (Å²) in [5.74, 6) is -0.136. The molecule has 3 heterocycles. The number of fused-ring (bicyclic) bond motifs is 2. The summed E-state index contributed by atoms with van der Waals surface area (Å²) in [5.41, 5.74) is 4.04. The minimum atomic E-state index is -0.293. The first-order valence-electron chi connectivity index (χ1n) is 9.81. The molecule has 8 nitrogen and oxygen atoms in total. The number of aromatic amines is 1. The smallest absolute Gasteiger partial charge is 0.262 e. The van der Waals surface area contributed by atoms with Gasteiger partial charge in [0.05, 0.1) is 27.9 Å². The molecule has 2 N–H and O–H groups in total. The van der Waals surface area contributed by atoms with Crippen LogP contribution in [0.3, 0.4) is 0 Å². The molecule has 160 valence electrons. The summed E-state index contributed by atoms with van der Waals surface area (Å²) in [7, 11) is 0. The van der Waals surface area contributed by atoms with E-state index in [-0.39, 0.29) is 17.2 Å². The van der Waals surface area contributed by atoms with Crippen molar-refractivity contribution < 1.29 is 4.79 Å². The molecule has 10 heteroatoms. The standard InChI is InChI=1S/C22H18N6O2S2/c1-12-4-3-5-14(8-12)28-19-15(10-23-28)20(30)27-21(26-19)31-11-18(29)25-22-24-16-7-6-13(2)9-17(16)32-22/h3-10H,11H2,1-2H3,(H,24,25,29)(H,26,27,30). The average Bonchev–Trinajstić information content (AvgIpc) is 3.36. The second-order valence-corrected chi connectivity index (χ2v) is 9.33. The number of thiazole rings is 1. The fourth-order valence-electron chi connectivity index (χ4n) is 3.29. The van der Waals surface area contributed by atoms with E-state index in [0.29, 0.717) is 21.3 Å². The van der Waals surface area contributed by atoms with Crippen molar-refractivity contribution in [1.82, 2.24) is 24.7 Å². The Morgan fingerprint density at radius 3 is 2.84 bits per heavy atom. The molecule has 0 aliphatic carbocycles. The van der Waals surface area contributed by atoms with Gasteiger partial charge in [0.1, 0.15) is 5.39 Å². The summed E-state index contributed by atoms with van der Waals surface area (Å²) in [6, 6.07) is 13.8. The molecule has 0 fully saturated rings. The van der Waals surface area contributed by atoms with Gasteiger partial charge < -0.3 is 10.3 Å². The molecule has 5 aromatic rings. The fraction of sp³-hybridized carbons (Fsp3) is 0.136. The van der Waals surface area contributed by atoms with Crippen LogP contribution in [0.4, 0.5) is 5.13 Å². The zero-order valence-corrected chi connectivity index (χ0v) is 18.9. The molecular weight excluding hydrogens is 444 g/mol. The van der Waals surface area contributed by atoms with E-state index in [1.165, 1.54) is 17.5 Å². The zero-order valence-electron chi connectivity index (χ0n) is 17.2. The summed E-state index contributed by atoms with van der Waals surface area (Å²) in [6.07, 6.45) is 1.50. The van der Waals surface area contributed by atoms with Gasteiger partial charge in [-0.2, -0.15) is 5.10 Å². The first-order chi connectivity index (χ1) is 15.5. The number of aromatic nitrogens is 5. The third kappa shape index (κ3) is 4.02. The molecule has 0 unspecified atom stereocenters. The van der Waals surface area contributed by atoms with E-state index >= 15 is 0 Å². The van der Waals surface area contributed by atoms with E-state index in [2.05, 4.69) is 25.4 Å². The monoisotopic (exact) mass is 462 g/mol. The molecule has 0 aliphatic heterocycles. The van der Waals surface area contributed by atoms with Gasteiger partial charge in [-0.25, -0.2) is 14.6 Å². The summed E-state index contributed by atoms with van der Waals surface area (Å²) < 4.78 is 2.65. The molecule has 5 rings (SSSR count). The number of hydrogen-bond donors (Lipinski definition) is 2. The number of nitrogens with one attached hydrogen (secondary N) is 2. The summed E-state index contributed by atoms with van der Waals surface area (Å²) in [6.45, 7) is 4.01. The molecular formula is C22H18N6O2S2. The lowest BCUT2D eigenvalue weighted by Gasteiger charge is -2.05. The predicted molar refractivity (Wildman–Crippen MR) is 128 cm³/mol. The Morgan fingerprint density at radius 2 is 2.00 bits per heavy atom. The van der Waals surface area contributed by atoms with Crippen LogP contribution in [0.5, 0.6) is 0 Å². The van der Waals surface area contributed by atoms with E-state index in [0.717, 1.165) is 38.8 Å². The van der Waals surface area contributed by atoms with Crippen LogP contribution >= 0.6 is 23.1 Å². The van der Waals surface area contributed by atoms with Crippen LogP contribution in [-0.2, 0) is 4.79 Å². The van der Waals surface area contributed by atoms with Gasteiger partial charge >= 0.3 is 0 Å². The second-order valence-electron chi connectivity index (χ2n) is 7.33. The summed E-state index contributed by atoms with van der Waals surface area (Å²) >= 11 is 2.58. The highest BCUT2D eigenvalue weighted by atomic mass is 32.2. The van der Waals surface area contributed by atoms with Crippen molar-refractivity contribution in [3.63, 3.8) is 0 Å². The number of carbonyl (C=O) groups is 1. The topological polar surface area (TPSA) is 106 Å². The highest BCUT2D eigenvalue weighted by molar-refractivity contribution is 7.99. The predicted octanol–water partition coefficient (Wildman–Crippen LogP) is 4.07. The largest absolute Gasteiger partial charge is 0.301 e. The number of nitrogens with zero attached hydrogens (tertiary/aromatic N) is 4. The van der Waals surface area contributed by atoms with Gasteiger partial charge in [-0.05, 0) is 49.2 Å². The van der Waals surface area contributed by atoms with Crippen molar-refractivity contribution in [3.8, 4) is 5.69 Å². The number of anilines is 1. The number of rotatable bonds is 5.